The van der Waals surface area contributed by atoms with Crippen LogP contribution in [0.4, 0.5) is 0 Å². The number of rotatable bonds is 0. The summed E-state index contributed by atoms with van der Waals surface area (Å²) in [6.07, 6.45) is 0. The van der Waals surface area contributed by atoms with Crippen molar-refractivity contribution in [3.8, 4) is 0 Å². The molecule has 3 saturated heterocycles. The maximum absolute atomic E-state index is 9.76. The van der Waals surface area contributed by atoms with Crippen LogP contribution in [0.2, 0.25) is 18.6 Å². The van der Waals surface area contributed by atoms with Crippen molar-refractivity contribution in [3.63, 3.8) is 0 Å². The van der Waals surface area contributed by atoms with E-state index in [-0.39, 0.29) is 83.6 Å². The molecule has 0 aromatic carbocycles. The highest BCUT2D eigenvalue weighted by molar-refractivity contribution is 7.39. The average molecular weight is 974 g/mol. The van der Waals surface area contributed by atoms with Gasteiger partial charge >= 0.3 is 17.1 Å². The lowest BCUT2D eigenvalue weighted by molar-refractivity contribution is 0.00834. The van der Waals surface area contributed by atoms with Crippen LogP contribution in [0.15, 0.2) is 43.1 Å². The highest BCUT2D eigenvalue weighted by Crippen LogP contribution is 3.11. The minimum Gasteiger partial charge on any atom is -0.414 e. The van der Waals surface area contributed by atoms with Gasteiger partial charge in [-0.15, -0.1) is 0 Å². The van der Waals surface area contributed by atoms with Gasteiger partial charge in [0.2, 0.25) is 0 Å². The molecule has 4 unspecified atom stereocenters. The Morgan fingerprint density at radius 3 is 0.455 bits per heavy atom. The van der Waals surface area contributed by atoms with Crippen molar-refractivity contribution in [3.05, 3.63) is 43.1 Å². The summed E-state index contributed by atoms with van der Waals surface area (Å²) in [6, 6.07) is 0. The first-order valence-corrected chi connectivity index (χ1v) is 34.4. The van der Waals surface area contributed by atoms with Crippen molar-refractivity contribution < 1.29 is 8.23 Å². The molecule has 0 aliphatic carbocycles. The second-order valence-corrected chi connectivity index (χ2v) is 53.0. The van der Waals surface area contributed by atoms with Gasteiger partial charge in [-0.1, -0.05) is 292 Å². The van der Waals surface area contributed by atoms with Crippen LogP contribution in [0.5, 0.6) is 0 Å². The van der Waals surface area contributed by atoms with E-state index in [4.69, 9.17) is 0 Å². The predicted octanol–water partition coefficient (Wildman–Crippen LogP) is 18.9. The Hall–Kier alpha value is -0.252. The third-order valence-electron chi connectivity index (χ3n) is 19.3. The Kier molecular flexibility index (Phi) is 10.0. The molecule has 0 aromatic heterocycles. The Morgan fingerprint density at radius 1 is 0.227 bits per heavy atom. The van der Waals surface area contributed by atoms with E-state index >= 15 is 0 Å². The van der Waals surface area contributed by atoms with Gasteiger partial charge in [-0.3, -0.25) is 0 Å². The summed E-state index contributed by atoms with van der Waals surface area (Å²) in [5.41, 5.74) is 6.62. The van der Waals surface area contributed by atoms with E-state index in [2.05, 4.69) is 249 Å². The smallest absolute Gasteiger partial charge is 0.338 e. The van der Waals surface area contributed by atoms with Crippen LogP contribution in [0.25, 0.3) is 0 Å². The minimum atomic E-state index is -3.38. The first kappa shape index (κ1) is 53.5. The summed E-state index contributed by atoms with van der Waals surface area (Å²) in [6.45, 7) is 94.1. The first-order valence-electron chi connectivity index (χ1n) is 26.8. The molecule has 0 radical (unpaired) electrons. The van der Waals surface area contributed by atoms with Crippen molar-refractivity contribution in [1.29, 1.82) is 0 Å². The number of allylic oxidation sites excluding steroid dienone is 8. The van der Waals surface area contributed by atoms with Gasteiger partial charge in [0.05, 0.1) is 0 Å². The van der Waals surface area contributed by atoms with E-state index < -0.39 is 33.3 Å². The fourth-order valence-corrected chi connectivity index (χ4v) is 75.2. The summed E-state index contributed by atoms with van der Waals surface area (Å²) in [5, 5.41) is 7.48. The molecule has 66 heavy (non-hydrogen) atoms. The molecule has 0 saturated carbocycles. The summed E-state index contributed by atoms with van der Waals surface area (Å²) in [7, 11) is -12.2. The normalized spacial score (nSPS) is 38.7. The molecule has 2 nitrogen and oxygen atoms in total. The quantitative estimate of drug-likeness (QED) is 0.225. The average Bonchev–Trinajstić information content (AvgIpc) is 2.85. The van der Waals surface area contributed by atoms with Crippen LogP contribution >= 0.6 is 0 Å². The predicted molar refractivity (Wildman–Crippen MR) is 298 cm³/mol. The molecule has 0 N–H and O–H groups in total. The maximum atomic E-state index is 9.76. The van der Waals surface area contributed by atoms with Crippen molar-refractivity contribution >= 4 is 33.3 Å². The second-order valence-electron chi connectivity index (χ2n) is 35.9. The molecule has 3 fully saturated rings. The Balaban J connectivity index is 1.84. The molecule has 7 heterocycles. The highest BCUT2D eigenvalue weighted by Gasteiger charge is 3.17. The van der Waals surface area contributed by atoms with Crippen molar-refractivity contribution in [1.82, 2.24) is 0 Å². The fourth-order valence-electron chi connectivity index (χ4n) is 20.6. The fraction of sp³-hybridized carbons (Fsp3) is 0.867. The van der Waals surface area contributed by atoms with Gasteiger partial charge in [0, 0.05) is 18.6 Å². The van der Waals surface area contributed by atoms with Gasteiger partial charge < -0.3 is 8.23 Å². The summed E-state index contributed by atoms with van der Waals surface area (Å²) in [4.78, 5) is 0. The van der Waals surface area contributed by atoms with Crippen LogP contribution in [0.1, 0.15) is 249 Å². The molecule has 0 amide bonds. The van der Waals surface area contributed by atoms with Crippen LogP contribution in [-0.2, 0) is 8.23 Å². The third-order valence-corrected chi connectivity index (χ3v) is 55.8. The Morgan fingerprint density at radius 2 is 0.364 bits per heavy atom. The SMILES string of the molecule is CC(C)(C)C1=C(C(C)(C)C)[Si]23C(C(C)(C)C)=C(C(C)(C)C)C2(C(C)(C)C)[Si]2(O[Si]4(O2)C2(C(C)(C)C)C(C(C)(C)C)=C(C(C)(C)C)[Si]25C(C(C)(C)C)=C(C(C)(C)C)C45C(C)(C)C)C13C(C)(C)C. The van der Waals surface area contributed by atoms with Crippen molar-refractivity contribution in [2.45, 2.75) is 268 Å². The zero-order valence-corrected chi connectivity index (χ0v) is 54.8. The lowest BCUT2D eigenvalue weighted by Crippen LogP contribution is -3.15. The van der Waals surface area contributed by atoms with Crippen LogP contribution in [-0.4, -0.2) is 33.3 Å². The minimum absolute atomic E-state index is 0.0160. The highest BCUT2D eigenvalue weighted by atomic mass is 28.6. The van der Waals surface area contributed by atoms with E-state index in [0.29, 0.717) is 0 Å². The van der Waals surface area contributed by atoms with Gasteiger partial charge in [0.15, 0.2) is 0 Å². The third kappa shape index (κ3) is 4.67. The molecule has 0 bridgehead atoms. The molecular formula is C60H108O2Si4. The topological polar surface area (TPSA) is 18.5 Å². The van der Waals surface area contributed by atoms with E-state index in [1.807, 2.05) is 20.8 Å². The Bertz CT molecular complexity index is 2000. The standard InChI is InChI=1S/C60H108O2Si4/c1-45(2,3)37-41(49(13,14)15)63-42(50(16,17)18)38(46(4,5)6)58(63,54(28,29)30)65(57(37,63)53(25,26)27)61-66(62-65)59(55(31,32)33)39(47(7,8)9)43(51(19,20)21)64(59)44(52(22,23)24)40(48(10,11)12)60(64,66)56(34,35)36/h1-36H3. The lowest BCUT2D eigenvalue weighted by atomic mass is 9.68. The first-order chi connectivity index (χ1) is 28.4. The van der Waals surface area contributed by atoms with E-state index in [9.17, 15) is 8.23 Å². The van der Waals surface area contributed by atoms with E-state index in [1.165, 1.54) is 0 Å². The number of hydrogen-bond donors (Lipinski definition) is 0. The monoisotopic (exact) mass is 973 g/mol. The molecule has 7 aliphatic rings. The Labute approximate surface area is 415 Å². The molecule has 6 heteroatoms. The summed E-state index contributed by atoms with van der Waals surface area (Å²) >= 11 is 0. The van der Waals surface area contributed by atoms with Crippen molar-refractivity contribution in [2.24, 2.45) is 65.0 Å². The summed E-state index contributed by atoms with van der Waals surface area (Å²) in [5.74, 6) is 0. The lowest BCUT2D eigenvalue weighted by Gasteiger charge is -3.05. The zero-order valence-electron chi connectivity index (χ0n) is 50.8. The maximum Gasteiger partial charge on any atom is 0.338 e. The van der Waals surface area contributed by atoms with Crippen molar-refractivity contribution in [2.75, 3.05) is 0 Å². The van der Waals surface area contributed by atoms with Crippen LogP contribution in [0.3, 0.4) is 0 Å². The van der Waals surface area contributed by atoms with Gasteiger partial charge in [-0.25, -0.2) is 0 Å². The molecule has 7 aliphatic heterocycles. The number of hydrogen-bond acceptors (Lipinski definition) is 2. The second kappa shape index (κ2) is 12.4. The van der Waals surface area contributed by atoms with Gasteiger partial charge in [0.25, 0.3) is 0 Å². The largest absolute Gasteiger partial charge is 0.414 e. The zero-order chi connectivity index (χ0) is 52.0. The summed E-state index contributed by atoms with van der Waals surface area (Å²) < 4.78 is 19.0. The molecular weight excluding hydrogens is 865 g/mol. The molecule has 4 spiro atoms. The molecule has 7 rings (SSSR count). The van der Waals surface area contributed by atoms with E-state index in [1.54, 1.807) is 22.3 Å². The van der Waals surface area contributed by atoms with Gasteiger partial charge in [0.1, 0.15) is 16.1 Å². The van der Waals surface area contributed by atoms with E-state index in [0.717, 1.165) is 0 Å². The van der Waals surface area contributed by atoms with Gasteiger partial charge in [-0.05, 0) is 65.0 Å². The van der Waals surface area contributed by atoms with Crippen LogP contribution < -0.4 is 0 Å². The van der Waals surface area contributed by atoms with Gasteiger partial charge in [-0.2, -0.15) is 0 Å². The molecule has 376 valence electrons. The molecule has 0 aromatic rings. The van der Waals surface area contributed by atoms with Crippen LogP contribution in [0, 0.1) is 65.0 Å². The number of fused-ring (bicyclic) bond motifs is 4. The molecule has 4 atom stereocenters.